The number of para-hydroxylation sites is 2. The topological polar surface area (TPSA) is 57.8 Å². The number of amides is 1. The average molecular weight is 249 g/mol. The molecule has 5 heteroatoms. The number of nitrogens with zero attached hydrogens (tertiary/aromatic N) is 1. The third kappa shape index (κ3) is 3.23. The second-order valence-electron chi connectivity index (χ2n) is 3.70. The molecule has 1 amide bonds. The molecule has 2 N–H and O–H groups in total. The van der Waals surface area contributed by atoms with E-state index in [1.807, 2.05) is 24.3 Å². The molecule has 17 heavy (non-hydrogen) atoms. The van der Waals surface area contributed by atoms with Gasteiger partial charge >= 0.3 is 0 Å². The molecule has 0 aliphatic carbocycles. The SMILES string of the molecule is CCCSCC(=O)Nc1nc2ccccc2[nH]1. The van der Waals surface area contributed by atoms with Gasteiger partial charge in [-0.3, -0.25) is 10.1 Å². The van der Waals surface area contributed by atoms with Crippen LogP contribution in [0.15, 0.2) is 24.3 Å². The van der Waals surface area contributed by atoms with Gasteiger partial charge in [0.05, 0.1) is 16.8 Å². The fraction of sp³-hybridized carbons (Fsp3) is 0.333. The Bertz CT molecular complexity index is 476. The summed E-state index contributed by atoms with van der Waals surface area (Å²) in [6, 6.07) is 7.70. The van der Waals surface area contributed by atoms with Gasteiger partial charge in [0.1, 0.15) is 0 Å². The monoisotopic (exact) mass is 249 g/mol. The number of rotatable bonds is 5. The first-order valence-electron chi connectivity index (χ1n) is 5.62. The van der Waals surface area contributed by atoms with Crippen LogP contribution >= 0.6 is 11.8 Å². The third-order valence-electron chi connectivity index (χ3n) is 2.23. The number of anilines is 1. The highest BCUT2D eigenvalue weighted by Crippen LogP contribution is 2.13. The Morgan fingerprint density at radius 3 is 3.06 bits per heavy atom. The van der Waals surface area contributed by atoms with Crippen molar-refractivity contribution < 1.29 is 4.79 Å². The van der Waals surface area contributed by atoms with Crippen LogP contribution in [0.5, 0.6) is 0 Å². The number of nitrogens with one attached hydrogen (secondary N) is 2. The maximum absolute atomic E-state index is 11.6. The molecule has 0 bridgehead atoms. The van der Waals surface area contributed by atoms with E-state index < -0.39 is 0 Å². The highest BCUT2D eigenvalue weighted by Gasteiger charge is 2.06. The Morgan fingerprint density at radius 2 is 2.29 bits per heavy atom. The molecule has 0 spiro atoms. The molecular weight excluding hydrogens is 234 g/mol. The number of imidazole rings is 1. The molecule has 0 saturated carbocycles. The number of thioether (sulfide) groups is 1. The van der Waals surface area contributed by atoms with Gasteiger partial charge in [-0.25, -0.2) is 4.98 Å². The lowest BCUT2D eigenvalue weighted by Gasteiger charge is -2.00. The molecule has 1 heterocycles. The van der Waals surface area contributed by atoms with Crippen molar-refractivity contribution in [3.8, 4) is 0 Å². The first kappa shape index (κ1) is 12.0. The highest BCUT2D eigenvalue weighted by atomic mass is 32.2. The quantitative estimate of drug-likeness (QED) is 0.801. The van der Waals surface area contributed by atoms with Crippen molar-refractivity contribution >= 4 is 34.7 Å². The van der Waals surface area contributed by atoms with Crippen molar-refractivity contribution in [3.05, 3.63) is 24.3 Å². The van der Waals surface area contributed by atoms with E-state index >= 15 is 0 Å². The predicted octanol–water partition coefficient (Wildman–Crippen LogP) is 2.64. The Labute approximate surface area is 104 Å². The van der Waals surface area contributed by atoms with Gasteiger partial charge in [0.2, 0.25) is 11.9 Å². The fourth-order valence-electron chi connectivity index (χ4n) is 1.49. The van der Waals surface area contributed by atoms with Gasteiger partial charge in [-0.05, 0) is 24.3 Å². The lowest BCUT2D eigenvalue weighted by molar-refractivity contribution is -0.113. The molecule has 0 atom stereocenters. The lowest BCUT2D eigenvalue weighted by atomic mass is 10.3. The number of H-pyrrole nitrogens is 1. The van der Waals surface area contributed by atoms with E-state index in [2.05, 4.69) is 22.2 Å². The van der Waals surface area contributed by atoms with Crippen LogP contribution in [0.1, 0.15) is 13.3 Å². The van der Waals surface area contributed by atoms with Crippen LogP contribution in [0.3, 0.4) is 0 Å². The van der Waals surface area contributed by atoms with Gasteiger partial charge in [-0.1, -0.05) is 19.1 Å². The molecule has 0 saturated heterocycles. The average Bonchev–Trinajstić information content (AvgIpc) is 2.71. The number of hydrogen-bond donors (Lipinski definition) is 2. The second-order valence-corrected chi connectivity index (χ2v) is 4.81. The van der Waals surface area contributed by atoms with Gasteiger partial charge in [-0.2, -0.15) is 11.8 Å². The predicted molar refractivity (Wildman–Crippen MR) is 72.3 cm³/mol. The van der Waals surface area contributed by atoms with Crippen LogP contribution in [0.2, 0.25) is 0 Å². The number of aromatic amines is 1. The summed E-state index contributed by atoms with van der Waals surface area (Å²) in [4.78, 5) is 18.9. The van der Waals surface area contributed by atoms with Gasteiger partial charge < -0.3 is 4.98 Å². The van der Waals surface area contributed by atoms with E-state index in [1.54, 1.807) is 11.8 Å². The van der Waals surface area contributed by atoms with Crippen molar-refractivity contribution in [2.24, 2.45) is 0 Å². The summed E-state index contributed by atoms with van der Waals surface area (Å²) in [7, 11) is 0. The second kappa shape index (κ2) is 5.72. The molecule has 0 aliphatic heterocycles. The zero-order valence-corrected chi connectivity index (χ0v) is 10.5. The van der Waals surface area contributed by atoms with Crippen LogP contribution in [0.25, 0.3) is 11.0 Å². The minimum absolute atomic E-state index is 0.0116. The molecule has 2 aromatic rings. The van der Waals surface area contributed by atoms with E-state index in [1.165, 1.54) is 0 Å². The molecule has 2 rings (SSSR count). The summed E-state index contributed by atoms with van der Waals surface area (Å²) in [5, 5.41) is 2.76. The smallest absolute Gasteiger partial charge is 0.236 e. The summed E-state index contributed by atoms with van der Waals surface area (Å²) in [5.41, 5.74) is 1.80. The summed E-state index contributed by atoms with van der Waals surface area (Å²) in [5.74, 6) is 1.99. The van der Waals surface area contributed by atoms with E-state index in [4.69, 9.17) is 0 Å². The molecule has 0 radical (unpaired) electrons. The third-order valence-corrected chi connectivity index (χ3v) is 3.39. The normalized spacial score (nSPS) is 10.6. The van der Waals surface area contributed by atoms with Crippen LogP contribution in [-0.2, 0) is 4.79 Å². The Hall–Kier alpha value is -1.49. The summed E-state index contributed by atoms with van der Waals surface area (Å²) in [6.45, 7) is 2.10. The number of fused-ring (bicyclic) bond motifs is 1. The number of hydrogen-bond acceptors (Lipinski definition) is 3. The van der Waals surface area contributed by atoms with Crippen molar-refractivity contribution in [3.63, 3.8) is 0 Å². The van der Waals surface area contributed by atoms with Crippen LogP contribution in [0, 0.1) is 0 Å². The zero-order valence-electron chi connectivity index (χ0n) is 9.69. The standard InChI is InChI=1S/C12H15N3OS/c1-2-7-17-8-11(16)15-12-13-9-5-3-4-6-10(9)14-12/h3-6H,2,7-8H2,1H3,(H2,13,14,15,16). The fourth-order valence-corrected chi connectivity index (χ4v) is 2.18. The number of aromatic nitrogens is 2. The van der Waals surface area contributed by atoms with Crippen LogP contribution < -0.4 is 5.32 Å². The van der Waals surface area contributed by atoms with Crippen molar-refractivity contribution in [2.75, 3.05) is 16.8 Å². The van der Waals surface area contributed by atoms with Crippen LogP contribution in [-0.4, -0.2) is 27.4 Å². The maximum Gasteiger partial charge on any atom is 0.236 e. The highest BCUT2D eigenvalue weighted by molar-refractivity contribution is 7.99. The molecule has 0 unspecified atom stereocenters. The number of benzene rings is 1. The van der Waals surface area contributed by atoms with Crippen molar-refractivity contribution in [1.29, 1.82) is 0 Å². The number of carbonyl (C=O) groups excluding carboxylic acids is 1. The van der Waals surface area contributed by atoms with E-state index in [-0.39, 0.29) is 5.91 Å². The minimum atomic E-state index is -0.0116. The molecule has 1 aromatic carbocycles. The van der Waals surface area contributed by atoms with Crippen molar-refractivity contribution in [1.82, 2.24) is 9.97 Å². The summed E-state index contributed by atoms with van der Waals surface area (Å²) >= 11 is 1.63. The van der Waals surface area contributed by atoms with E-state index in [0.29, 0.717) is 11.7 Å². The summed E-state index contributed by atoms with van der Waals surface area (Å²) < 4.78 is 0. The van der Waals surface area contributed by atoms with Gasteiger partial charge in [-0.15, -0.1) is 0 Å². The Kier molecular flexibility index (Phi) is 4.03. The molecule has 0 fully saturated rings. The first-order chi connectivity index (χ1) is 8.29. The molecule has 0 aliphatic rings. The van der Waals surface area contributed by atoms with Gasteiger partial charge in [0.25, 0.3) is 0 Å². The molecule has 4 nitrogen and oxygen atoms in total. The van der Waals surface area contributed by atoms with Gasteiger partial charge in [0.15, 0.2) is 0 Å². The maximum atomic E-state index is 11.6. The Morgan fingerprint density at radius 1 is 1.47 bits per heavy atom. The zero-order chi connectivity index (χ0) is 12.1. The summed E-state index contributed by atoms with van der Waals surface area (Å²) in [6.07, 6.45) is 1.09. The lowest BCUT2D eigenvalue weighted by Crippen LogP contribution is -2.15. The molecule has 90 valence electrons. The van der Waals surface area contributed by atoms with Crippen LogP contribution in [0.4, 0.5) is 5.95 Å². The first-order valence-corrected chi connectivity index (χ1v) is 6.77. The minimum Gasteiger partial charge on any atom is -0.324 e. The van der Waals surface area contributed by atoms with E-state index in [0.717, 1.165) is 23.2 Å². The largest absolute Gasteiger partial charge is 0.324 e. The van der Waals surface area contributed by atoms with Gasteiger partial charge in [0, 0.05) is 0 Å². The van der Waals surface area contributed by atoms with Crippen molar-refractivity contribution in [2.45, 2.75) is 13.3 Å². The number of carbonyl (C=O) groups is 1. The molecule has 1 aromatic heterocycles. The Balaban J connectivity index is 1.96. The molecular formula is C12H15N3OS. The van der Waals surface area contributed by atoms with E-state index in [9.17, 15) is 4.79 Å².